The largest absolute Gasteiger partial charge is 0.396 e. The molecule has 2 aliphatic heterocycles. The summed E-state index contributed by atoms with van der Waals surface area (Å²) in [5.74, 6) is 0.558. The van der Waals surface area contributed by atoms with E-state index in [2.05, 4.69) is 10.2 Å². The Balaban J connectivity index is 1.36. The highest BCUT2D eigenvalue weighted by molar-refractivity contribution is 5.83. The Bertz CT molecular complexity index is 1170. The lowest BCUT2D eigenvalue weighted by atomic mass is 9.88. The molecule has 0 radical (unpaired) electrons. The molecule has 3 fully saturated rings. The first-order valence-corrected chi connectivity index (χ1v) is 13.2. The van der Waals surface area contributed by atoms with Crippen molar-refractivity contribution in [2.24, 2.45) is 23.7 Å². The van der Waals surface area contributed by atoms with E-state index in [1.807, 2.05) is 6.07 Å². The first-order valence-electron chi connectivity index (χ1n) is 13.2. The zero-order valence-corrected chi connectivity index (χ0v) is 20.0. The second kappa shape index (κ2) is 9.17. The maximum Gasteiger partial charge on any atom is 0.258 e. The van der Waals surface area contributed by atoms with Crippen molar-refractivity contribution in [1.82, 2.24) is 14.8 Å². The summed E-state index contributed by atoms with van der Waals surface area (Å²) in [5.41, 5.74) is 1.83. The van der Waals surface area contributed by atoms with Crippen LogP contribution in [0.1, 0.15) is 50.3 Å². The molecule has 1 saturated heterocycles. The number of hydrogen-bond acceptors (Lipinski definition) is 4. The quantitative estimate of drug-likeness (QED) is 0.639. The number of benzene rings is 1. The standard InChI is InChI=1S/C28H34FN3O3/c29-20-7-3-6-19(12-20)21-10-11-24-25-22(15-31(24)28(21)35)23(16-33)26(27(34)30-13-17-8-9-17)32(25)14-18-4-1-2-5-18/h3,6-7,10-12,17-18,22-23,25-26,33H,1-2,4-5,8-9,13-16H2,(H,30,34)/t22-,23-,25+,26-/m1/s1. The van der Waals surface area contributed by atoms with Crippen LogP contribution in [0.15, 0.2) is 41.2 Å². The second-order valence-corrected chi connectivity index (χ2v) is 11.0. The van der Waals surface area contributed by atoms with Crippen LogP contribution in [0.4, 0.5) is 4.39 Å². The monoisotopic (exact) mass is 479 g/mol. The molecule has 35 heavy (non-hydrogen) atoms. The average molecular weight is 480 g/mol. The lowest BCUT2D eigenvalue weighted by molar-refractivity contribution is -0.128. The van der Waals surface area contributed by atoms with Crippen LogP contribution in [0.5, 0.6) is 0 Å². The third-order valence-corrected chi connectivity index (χ3v) is 8.80. The van der Waals surface area contributed by atoms with Crippen LogP contribution in [0.3, 0.4) is 0 Å². The van der Waals surface area contributed by atoms with Crippen LogP contribution in [0.2, 0.25) is 0 Å². The van der Waals surface area contributed by atoms with Gasteiger partial charge in [-0.3, -0.25) is 14.5 Å². The van der Waals surface area contributed by atoms with Gasteiger partial charge in [0.25, 0.3) is 5.56 Å². The highest BCUT2D eigenvalue weighted by Gasteiger charge is 2.55. The van der Waals surface area contributed by atoms with Crippen LogP contribution in [0.25, 0.3) is 11.1 Å². The number of aliphatic hydroxyl groups excluding tert-OH is 1. The van der Waals surface area contributed by atoms with Gasteiger partial charge in [0.1, 0.15) is 5.82 Å². The minimum absolute atomic E-state index is 0.00598. The third kappa shape index (κ3) is 4.12. The number of carbonyl (C=O) groups excluding carboxylic acids is 1. The molecule has 2 saturated carbocycles. The number of pyridine rings is 1. The predicted octanol–water partition coefficient (Wildman–Crippen LogP) is 3.33. The van der Waals surface area contributed by atoms with Gasteiger partial charge >= 0.3 is 0 Å². The smallest absolute Gasteiger partial charge is 0.258 e. The Hall–Kier alpha value is -2.51. The number of aliphatic hydroxyl groups is 1. The topological polar surface area (TPSA) is 74.6 Å². The van der Waals surface area contributed by atoms with Crippen molar-refractivity contribution < 1.29 is 14.3 Å². The maximum absolute atomic E-state index is 13.8. The molecule has 7 heteroatoms. The van der Waals surface area contributed by atoms with Crippen molar-refractivity contribution in [1.29, 1.82) is 0 Å². The minimum atomic E-state index is -0.374. The molecule has 1 aromatic heterocycles. The normalized spacial score (nSPS) is 28.3. The summed E-state index contributed by atoms with van der Waals surface area (Å²) in [5, 5.41) is 13.6. The molecular weight excluding hydrogens is 445 g/mol. The van der Waals surface area contributed by atoms with E-state index in [0.717, 1.165) is 12.2 Å². The van der Waals surface area contributed by atoms with Gasteiger partial charge in [0, 0.05) is 49.3 Å². The Kier molecular flexibility index (Phi) is 6.01. The molecule has 4 atom stereocenters. The highest BCUT2D eigenvalue weighted by Crippen LogP contribution is 2.50. The van der Waals surface area contributed by atoms with Crippen molar-refractivity contribution in [3.05, 3.63) is 58.3 Å². The molecule has 0 unspecified atom stereocenters. The van der Waals surface area contributed by atoms with Crippen LogP contribution < -0.4 is 10.9 Å². The summed E-state index contributed by atoms with van der Waals surface area (Å²) in [6, 6.07) is 9.47. The fourth-order valence-electron chi connectivity index (χ4n) is 6.85. The number of hydrogen-bond donors (Lipinski definition) is 2. The second-order valence-electron chi connectivity index (χ2n) is 11.0. The average Bonchev–Trinajstić information content (AvgIpc) is 3.25. The summed E-state index contributed by atoms with van der Waals surface area (Å²) in [7, 11) is 0. The summed E-state index contributed by atoms with van der Waals surface area (Å²) >= 11 is 0. The Morgan fingerprint density at radius 3 is 2.60 bits per heavy atom. The maximum atomic E-state index is 13.8. The number of nitrogens with zero attached hydrogens (tertiary/aromatic N) is 2. The van der Waals surface area contributed by atoms with Crippen molar-refractivity contribution >= 4 is 5.91 Å². The number of halogens is 1. The highest BCUT2D eigenvalue weighted by atomic mass is 19.1. The van der Waals surface area contributed by atoms with Crippen molar-refractivity contribution in [2.75, 3.05) is 19.7 Å². The SMILES string of the molecule is O=C(NCC1CC1)[C@H]1[C@H](CO)[C@H]2Cn3c(ccc(-c4cccc(F)c4)c3=O)[C@H]2N1CC1CCCC1. The van der Waals surface area contributed by atoms with Crippen molar-refractivity contribution in [3.8, 4) is 11.1 Å². The fourth-order valence-corrected chi connectivity index (χ4v) is 6.85. The molecule has 0 bridgehead atoms. The van der Waals surface area contributed by atoms with E-state index >= 15 is 0 Å². The molecule has 4 aliphatic rings. The molecule has 1 aromatic carbocycles. The number of likely N-dealkylation sites (tertiary alicyclic amines) is 1. The molecule has 6 nitrogen and oxygen atoms in total. The molecule has 2 aliphatic carbocycles. The van der Waals surface area contributed by atoms with E-state index in [9.17, 15) is 19.1 Å². The third-order valence-electron chi connectivity index (χ3n) is 8.80. The molecule has 2 N–H and O–H groups in total. The Labute approximate surface area is 205 Å². The predicted molar refractivity (Wildman–Crippen MR) is 131 cm³/mol. The summed E-state index contributed by atoms with van der Waals surface area (Å²) in [4.78, 5) is 29.3. The first kappa shape index (κ1) is 22.9. The molecule has 1 amide bonds. The Morgan fingerprint density at radius 1 is 1.09 bits per heavy atom. The summed E-state index contributed by atoms with van der Waals surface area (Å²) in [6.07, 6.45) is 7.13. The van der Waals surface area contributed by atoms with E-state index in [1.54, 1.807) is 22.8 Å². The lowest BCUT2D eigenvalue weighted by Gasteiger charge is -2.32. The number of fused-ring (bicyclic) bond motifs is 3. The van der Waals surface area contributed by atoms with E-state index in [1.165, 1.54) is 50.7 Å². The number of amides is 1. The number of rotatable bonds is 7. The first-order chi connectivity index (χ1) is 17.0. The van der Waals surface area contributed by atoms with Crippen LogP contribution in [0, 0.1) is 29.5 Å². The van der Waals surface area contributed by atoms with Gasteiger partial charge in [-0.2, -0.15) is 0 Å². The van der Waals surface area contributed by atoms with Gasteiger partial charge < -0.3 is 15.0 Å². The zero-order chi connectivity index (χ0) is 24.1. The van der Waals surface area contributed by atoms with Crippen LogP contribution >= 0.6 is 0 Å². The molecule has 186 valence electrons. The van der Waals surface area contributed by atoms with Crippen LogP contribution in [-0.2, 0) is 11.3 Å². The van der Waals surface area contributed by atoms with E-state index < -0.39 is 0 Å². The van der Waals surface area contributed by atoms with Gasteiger partial charge in [-0.25, -0.2) is 4.39 Å². The van der Waals surface area contributed by atoms with E-state index in [4.69, 9.17) is 0 Å². The summed E-state index contributed by atoms with van der Waals surface area (Å²) in [6.45, 7) is 1.93. The molecule has 0 spiro atoms. The van der Waals surface area contributed by atoms with Gasteiger partial charge in [-0.1, -0.05) is 25.0 Å². The van der Waals surface area contributed by atoms with Crippen LogP contribution in [-0.4, -0.2) is 46.2 Å². The van der Waals surface area contributed by atoms with Gasteiger partial charge in [-0.15, -0.1) is 0 Å². The number of nitrogens with one attached hydrogen (secondary N) is 1. The fraction of sp³-hybridized carbons (Fsp3) is 0.571. The lowest BCUT2D eigenvalue weighted by Crippen LogP contribution is -2.49. The van der Waals surface area contributed by atoms with Crippen molar-refractivity contribution in [2.45, 2.75) is 57.2 Å². The minimum Gasteiger partial charge on any atom is -0.396 e. The zero-order valence-electron chi connectivity index (χ0n) is 20.0. The molecule has 3 heterocycles. The summed E-state index contributed by atoms with van der Waals surface area (Å²) < 4.78 is 15.6. The Morgan fingerprint density at radius 2 is 1.89 bits per heavy atom. The van der Waals surface area contributed by atoms with E-state index in [-0.39, 0.29) is 47.8 Å². The van der Waals surface area contributed by atoms with Crippen molar-refractivity contribution in [3.63, 3.8) is 0 Å². The number of aromatic nitrogens is 1. The molecule has 2 aromatic rings. The molecule has 6 rings (SSSR count). The number of carbonyl (C=O) groups is 1. The van der Waals surface area contributed by atoms with Gasteiger partial charge in [0.2, 0.25) is 5.91 Å². The van der Waals surface area contributed by atoms with Gasteiger partial charge in [0.05, 0.1) is 12.1 Å². The molecular formula is C28H34FN3O3. The van der Waals surface area contributed by atoms with Gasteiger partial charge in [0.15, 0.2) is 0 Å². The van der Waals surface area contributed by atoms with E-state index in [0.29, 0.717) is 36.1 Å². The van der Waals surface area contributed by atoms with Gasteiger partial charge in [-0.05, 0) is 67.3 Å².